The molecule has 1 heterocycles. The molecule has 0 unspecified atom stereocenters. The van der Waals surface area contributed by atoms with Crippen LogP contribution in [0.5, 0.6) is 11.5 Å². The first-order chi connectivity index (χ1) is 9.20. The van der Waals surface area contributed by atoms with Gasteiger partial charge in [0.15, 0.2) is 11.5 Å². The number of nitrogens with one attached hydrogen (secondary N) is 2. The van der Waals surface area contributed by atoms with Gasteiger partial charge in [0.25, 0.3) is 0 Å². The Kier molecular flexibility index (Phi) is 3.77. The third kappa shape index (κ3) is 3.09. The van der Waals surface area contributed by atoms with Gasteiger partial charge in [-0.1, -0.05) is 6.07 Å². The van der Waals surface area contributed by atoms with Crippen LogP contribution in [0.4, 0.5) is 5.82 Å². The number of phenolic OH excluding ortho intramolecular Hbond substituents is 1. The topological polar surface area (TPSA) is 99.6 Å². The fraction of sp³-hybridized carbons (Fsp3) is 0.0833. The van der Waals surface area contributed by atoms with Crippen LogP contribution in [0.3, 0.4) is 0 Å². The molecule has 0 saturated carbocycles. The quantitative estimate of drug-likeness (QED) is 0.561. The normalized spacial score (nSPS) is 10.6. The number of hydrogen-bond donors (Lipinski definition) is 3. The van der Waals surface area contributed by atoms with Crippen molar-refractivity contribution in [2.45, 2.75) is 0 Å². The second-order valence-electron chi connectivity index (χ2n) is 3.56. The van der Waals surface area contributed by atoms with Crippen LogP contribution in [0.1, 0.15) is 5.56 Å². The summed E-state index contributed by atoms with van der Waals surface area (Å²) in [5.41, 5.74) is 2.64. The number of anilines is 1. The second kappa shape index (κ2) is 5.67. The van der Waals surface area contributed by atoms with Crippen molar-refractivity contribution < 1.29 is 9.84 Å². The summed E-state index contributed by atoms with van der Waals surface area (Å²) < 4.78 is 4.98. The Morgan fingerprint density at radius 2 is 2.32 bits per heavy atom. The maximum absolute atomic E-state index is 10.9. The molecular formula is C12H12N4O3. The van der Waals surface area contributed by atoms with Gasteiger partial charge in [-0.2, -0.15) is 5.10 Å². The minimum Gasteiger partial charge on any atom is -0.504 e. The highest BCUT2D eigenvalue weighted by Gasteiger charge is 2.04. The summed E-state index contributed by atoms with van der Waals surface area (Å²) in [6, 6.07) is 6.61. The predicted molar refractivity (Wildman–Crippen MR) is 70.7 cm³/mol. The first kappa shape index (κ1) is 12.6. The van der Waals surface area contributed by atoms with E-state index >= 15 is 0 Å². The lowest BCUT2D eigenvalue weighted by Crippen LogP contribution is -2.10. The molecule has 7 nitrogen and oxygen atoms in total. The summed E-state index contributed by atoms with van der Waals surface area (Å²) in [5.74, 6) is 0.763. The van der Waals surface area contributed by atoms with E-state index in [2.05, 4.69) is 20.5 Å². The molecular weight excluding hydrogens is 248 g/mol. The van der Waals surface area contributed by atoms with Crippen molar-refractivity contribution in [2.24, 2.45) is 5.10 Å². The third-order valence-electron chi connectivity index (χ3n) is 2.31. The summed E-state index contributed by atoms with van der Waals surface area (Å²) in [7, 11) is 1.47. The number of methoxy groups -OCH3 is 1. The smallest absolute Gasteiger partial charge is 0.346 e. The van der Waals surface area contributed by atoms with Gasteiger partial charge in [-0.3, -0.25) is 10.4 Å². The molecule has 0 aliphatic heterocycles. The zero-order valence-electron chi connectivity index (χ0n) is 10.1. The van der Waals surface area contributed by atoms with Crippen molar-refractivity contribution in [3.63, 3.8) is 0 Å². The van der Waals surface area contributed by atoms with E-state index in [1.54, 1.807) is 24.3 Å². The average Bonchev–Trinajstić information content (AvgIpc) is 2.41. The number of phenols is 1. The molecule has 7 heteroatoms. The standard InChI is InChI=1S/C12H12N4O3/c1-19-9-4-2-3-8(11(9)17)7-14-16-10-5-6-13-12(18)15-10/h2-7,17H,1H3,(H2,13,15,16,18). The number of H-pyrrole nitrogens is 1. The number of aromatic amines is 1. The van der Waals surface area contributed by atoms with Gasteiger partial charge in [0.05, 0.1) is 13.3 Å². The van der Waals surface area contributed by atoms with Gasteiger partial charge in [0.1, 0.15) is 5.82 Å². The first-order valence-electron chi connectivity index (χ1n) is 5.41. The van der Waals surface area contributed by atoms with E-state index in [1.165, 1.54) is 19.5 Å². The minimum absolute atomic E-state index is 0.00114. The van der Waals surface area contributed by atoms with Crippen LogP contribution < -0.4 is 15.9 Å². The van der Waals surface area contributed by atoms with E-state index in [4.69, 9.17) is 4.74 Å². The largest absolute Gasteiger partial charge is 0.504 e. The molecule has 3 N–H and O–H groups in total. The van der Waals surface area contributed by atoms with Crippen LogP contribution in [0.25, 0.3) is 0 Å². The highest BCUT2D eigenvalue weighted by molar-refractivity contribution is 5.85. The minimum atomic E-state index is -0.468. The molecule has 0 aliphatic rings. The summed E-state index contributed by atoms with van der Waals surface area (Å²) in [5, 5.41) is 13.7. The molecule has 0 saturated heterocycles. The van der Waals surface area contributed by atoms with Crippen molar-refractivity contribution in [2.75, 3.05) is 12.5 Å². The lowest BCUT2D eigenvalue weighted by Gasteiger charge is -2.05. The Morgan fingerprint density at radius 1 is 1.47 bits per heavy atom. The molecule has 2 rings (SSSR count). The van der Waals surface area contributed by atoms with Crippen molar-refractivity contribution in [1.29, 1.82) is 0 Å². The maximum Gasteiger partial charge on any atom is 0.346 e. The van der Waals surface area contributed by atoms with E-state index in [9.17, 15) is 9.90 Å². The van der Waals surface area contributed by atoms with E-state index in [0.717, 1.165) is 0 Å². The molecule has 1 aromatic carbocycles. The fourth-order valence-corrected chi connectivity index (χ4v) is 1.41. The van der Waals surface area contributed by atoms with Crippen LogP contribution >= 0.6 is 0 Å². The van der Waals surface area contributed by atoms with E-state index < -0.39 is 5.69 Å². The van der Waals surface area contributed by atoms with E-state index in [0.29, 0.717) is 17.1 Å². The Balaban J connectivity index is 2.13. The van der Waals surface area contributed by atoms with Gasteiger partial charge >= 0.3 is 5.69 Å². The molecule has 2 aromatic rings. The van der Waals surface area contributed by atoms with Crippen molar-refractivity contribution >= 4 is 12.0 Å². The number of nitrogens with zero attached hydrogens (tertiary/aromatic N) is 2. The van der Waals surface area contributed by atoms with Crippen LogP contribution in [0, 0.1) is 0 Å². The summed E-state index contributed by atoms with van der Waals surface area (Å²) in [6.45, 7) is 0. The predicted octanol–water partition coefficient (Wildman–Crippen LogP) is 0.930. The second-order valence-corrected chi connectivity index (χ2v) is 3.56. The number of hydrogen-bond acceptors (Lipinski definition) is 6. The molecule has 0 aliphatic carbocycles. The number of ether oxygens (including phenoxy) is 1. The zero-order valence-corrected chi connectivity index (χ0v) is 10.1. The van der Waals surface area contributed by atoms with Gasteiger partial charge in [0.2, 0.25) is 0 Å². The van der Waals surface area contributed by atoms with Crippen LogP contribution in [-0.2, 0) is 0 Å². The van der Waals surface area contributed by atoms with Crippen molar-refractivity contribution in [3.05, 3.63) is 46.5 Å². The average molecular weight is 260 g/mol. The Morgan fingerprint density at radius 3 is 3.05 bits per heavy atom. The van der Waals surface area contributed by atoms with Gasteiger partial charge in [-0.25, -0.2) is 9.78 Å². The number of aromatic hydroxyl groups is 1. The van der Waals surface area contributed by atoms with E-state index in [-0.39, 0.29) is 5.75 Å². The molecule has 98 valence electrons. The molecule has 0 bridgehead atoms. The molecule has 0 fully saturated rings. The number of rotatable bonds is 4. The van der Waals surface area contributed by atoms with Gasteiger partial charge in [0, 0.05) is 11.8 Å². The van der Waals surface area contributed by atoms with Gasteiger partial charge in [-0.05, 0) is 18.2 Å². The molecule has 0 amide bonds. The van der Waals surface area contributed by atoms with Crippen LogP contribution in [-0.4, -0.2) is 28.4 Å². The molecule has 0 radical (unpaired) electrons. The van der Waals surface area contributed by atoms with Crippen molar-refractivity contribution in [1.82, 2.24) is 9.97 Å². The highest BCUT2D eigenvalue weighted by Crippen LogP contribution is 2.27. The van der Waals surface area contributed by atoms with Crippen LogP contribution in [0.15, 0.2) is 40.4 Å². The fourth-order valence-electron chi connectivity index (χ4n) is 1.41. The summed E-state index contributed by atoms with van der Waals surface area (Å²) in [6.07, 6.45) is 2.77. The number of aromatic nitrogens is 2. The summed E-state index contributed by atoms with van der Waals surface area (Å²) >= 11 is 0. The Bertz CT molecular complexity index is 651. The zero-order chi connectivity index (χ0) is 13.7. The molecule has 1 aromatic heterocycles. The molecule has 19 heavy (non-hydrogen) atoms. The number of para-hydroxylation sites is 1. The lowest BCUT2D eigenvalue weighted by atomic mass is 10.2. The van der Waals surface area contributed by atoms with Gasteiger partial charge < -0.3 is 9.84 Å². The van der Waals surface area contributed by atoms with Crippen molar-refractivity contribution in [3.8, 4) is 11.5 Å². The highest BCUT2D eigenvalue weighted by atomic mass is 16.5. The third-order valence-corrected chi connectivity index (χ3v) is 2.31. The van der Waals surface area contributed by atoms with Crippen LogP contribution in [0.2, 0.25) is 0 Å². The van der Waals surface area contributed by atoms with E-state index in [1.807, 2.05) is 0 Å². The Labute approximate surface area is 108 Å². The van der Waals surface area contributed by atoms with Gasteiger partial charge in [-0.15, -0.1) is 0 Å². The lowest BCUT2D eigenvalue weighted by molar-refractivity contribution is 0.373. The monoisotopic (exact) mass is 260 g/mol. The molecule has 0 atom stereocenters. The first-order valence-corrected chi connectivity index (χ1v) is 5.41. The molecule has 0 spiro atoms. The number of hydrazone groups is 1. The summed E-state index contributed by atoms with van der Waals surface area (Å²) in [4.78, 5) is 16.9. The SMILES string of the molecule is COc1cccc(C=NNc2ccnc(=O)[nH]2)c1O. The Hall–Kier alpha value is -2.83. The number of benzene rings is 1. The maximum atomic E-state index is 10.9.